The smallest absolute Gasteiger partial charge is 0.227 e. The van der Waals surface area contributed by atoms with Crippen LogP contribution in [-0.4, -0.2) is 37.0 Å². The van der Waals surface area contributed by atoms with Crippen LogP contribution in [0.2, 0.25) is 0 Å². The molecule has 98 valence electrons. The largest absolute Gasteiger partial charge is 0.497 e. The molecule has 2 rings (SSSR count). The molecule has 4 nitrogen and oxygen atoms in total. The van der Waals surface area contributed by atoms with Gasteiger partial charge in [0.15, 0.2) is 0 Å². The van der Waals surface area contributed by atoms with Gasteiger partial charge in [0.2, 0.25) is 5.91 Å². The lowest BCUT2D eigenvalue weighted by molar-refractivity contribution is -0.131. The summed E-state index contributed by atoms with van der Waals surface area (Å²) in [6, 6.07) is 7.77. The summed E-state index contributed by atoms with van der Waals surface area (Å²) in [4.78, 5) is 14.0. The topological polar surface area (TPSA) is 55.6 Å². The molecule has 0 radical (unpaired) electrons. The molecule has 0 spiro atoms. The highest BCUT2D eigenvalue weighted by Crippen LogP contribution is 2.15. The standard InChI is InChI=1S/C14H20N2O2/c1-18-13-6-2-4-11(8-13)9-14(17)16-7-3-5-12(15)10-16/h2,4,6,8,12H,3,5,7,9-10,15H2,1H3/t12-/m1/s1. The van der Waals surface area contributed by atoms with Crippen molar-refractivity contribution in [1.82, 2.24) is 4.90 Å². The first-order valence-corrected chi connectivity index (χ1v) is 6.35. The highest BCUT2D eigenvalue weighted by Gasteiger charge is 2.21. The Kier molecular flexibility index (Phi) is 4.20. The molecule has 1 aromatic carbocycles. The van der Waals surface area contributed by atoms with Gasteiger partial charge in [-0.15, -0.1) is 0 Å². The molecule has 1 aliphatic heterocycles. The van der Waals surface area contributed by atoms with E-state index in [0.29, 0.717) is 13.0 Å². The zero-order chi connectivity index (χ0) is 13.0. The Bertz CT molecular complexity index is 420. The Labute approximate surface area is 108 Å². The molecule has 1 fully saturated rings. The minimum absolute atomic E-state index is 0.132. The van der Waals surface area contributed by atoms with Gasteiger partial charge in [-0.25, -0.2) is 0 Å². The minimum Gasteiger partial charge on any atom is -0.497 e. The molecule has 4 heteroatoms. The van der Waals surface area contributed by atoms with Gasteiger partial charge in [0.05, 0.1) is 13.5 Å². The van der Waals surface area contributed by atoms with Crippen LogP contribution in [-0.2, 0) is 11.2 Å². The fourth-order valence-electron chi connectivity index (χ4n) is 2.31. The predicted octanol–water partition coefficient (Wildman–Crippen LogP) is 1.19. The van der Waals surface area contributed by atoms with Crippen molar-refractivity contribution in [2.24, 2.45) is 5.73 Å². The molecule has 1 heterocycles. The molecule has 0 aliphatic carbocycles. The Morgan fingerprint density at radius 1 is 1.56 bits per heavy atom. The third-order valence-electron chi connectivity index (χ3n) is 3.30. The molecule has 1 amide bonds. The summed E-state index contributed by atoms with van der Waals surface area (Å²) in [5.74, 6) is 0.939. The first-order chi connectivity index (χ1) is 8.69. The predicted molar refractivity (Wildman–Crippen MR) is 70.5 cm³/mol. The van der Waals surface area contributed by atoms with Crippen molar-refractivity contribution in [2.45, 2.75) is 25.3 Å². The van der Waals surface area contributed by atoms with Gasteiger partial charge in [-0.2, -0.15) is 0 Å². The van der Waals surface area contributed by atoms with Crippen LogP contribution in [0.15, 0.2) is 24.3 Å². The van der Waals surface area contributed by atoms with Crippen molar-refractivity contribution in [1.29, 1.82) is 0 Å². The van der Waals surface area contributed by atoms with Gasteiger partial charge in [-0.3, -0.25) is 4.79 Å². The van der Waals surface area contributed by atoms with E-state index in [0.717, 1.165) is 30.7 Å². The molecule has 0 saturated carbocycles. The van der Waals surface area contributed by atoms with Crippen molar-refractivity contribution in [3.05, 3.63) is 29.8 Å². The summed E-state index contributed by atoms with van der Waals surface area (Å²) in [5.41, 5.74) is 6.87. The van der Waals surface area contributed by atoms with Crippen LogP contribution >= 0.6 is 0 Å². The number of rotatable bonds is 3. The quantitative estimate of drug-likeness (QED) is 0.874. The number of hydrogen-bond donors (Lipinski definition) is 1. The average Bonchev–Trinajstić information content (AvgIpc) is 2.39. The number of carbonyl (C=O) groups excluding carboxylic acids is 1. The number of hydrogen-bond acceptors (Lipinski definition) is 3. The van der Waals surface area contributed by atoms with Gasteiger partial charge in [0.1, 0.15) is 5.75 Å². The van der Waals surface area contributed by atoms with Gasteiger partial charge in [0.25, 0.3) is 0 Å². The zero-order valence-corrected chi connectivity index (χ0v) is 10.8. The Balaban J connectivity index is 1.97. The van der Waals surface area contributed by atoms with E-state index < -0.39 is 0 Å². The number of piperidine rings is 1. The molecule has 18 heavy (non-hydrogen) atoms. The van der Waals surface area contributed by atoms with Crippen molar-refractivity contribution >= 4 is 5.91 Å². The molecule has 1 saturated heterocycles. The molecule has 2 N–H and O–H groups in total. The van der Waals surface area contributed by atoms with Crippen LogP contribution in [0.3, 0.4) is 0 Å². The second kappa shape index (κ2) is 5.87. The molecular formula is C14H20N2O2. The van der Waals surface area contributed by atoms with E-state index in [1.54, 1.807) is 7.11 Å². The van der Waals surface area contributed by atoms with Gasteiger partial charge >= 0.3 is 0 Å². The average molecular weight is 248 g/mol. The van der Waals surface area contributed by atoms with Crippen LogP contribution in [0.4, 0.5) is 0 Å². The number of nitrogens with zero attached hydrogens (tertiary/aromatic N) is 1. The SMILES string of the molecule is COc1cccc(CC(=O)N2CCC[C@@H](N)C2)c1. The van der Waals surface area contributed by atoms with Crippen molar-refractivity contribution in [2.75, 3.05) is 20.2 Å². The van der Waals surface area contributed by atoms with E-state index in [1.165, 1.54) is 0 Å². The monoisotopic (exact) mass is 248 g/mol. The van der Waals surface area contributed by atoms with E-state index in [9.17, 15) is 4.79 Å². The van der Waals surface area contributed by atoms with Crippen LogP contribution in [0.1, 0.15) is 18.4 Å². The van der Waals surface area contributed by atoms with Crippen LogP contribution in [0, 0.1) is 0 Å². The van der Waals surface area contributed by atoms with Gasteiger partial charge in [-0.05, 0) is 30.5 Å². The number of nitrogens with two attached hydrogens (primary N) is 1. The lowest BCUT2D eigenvalue weighted by atomic mass is 10.0. The maximum Gasteiger partial charge on any atom is 0.227 e. The van der Waals surface area contributed by atoms with Crippen molar-refractivity contribution < 1.29 is 9.53 Å². The normalized spacial score (nSPS) is 19.7. The lowest BCUT2D eigenvalue weighted by Crippen LogP contribution is -2.46. The summed E-state index contributed by atoms with van der Waals surface area (Å²) in [5, 5.41) is 0. The minimum atomic E-state index is 0.132. The summed E-state index contributed by atoms with van der Waals surface area (Å²) in [6.45, 7) is 1.51. The molecular weight excluding hydrogens is 228 g/mol. The highest BCUT2D eigenvalue weighted by atomic mass is 16.5. The van der Waals surface area contributed by atoms with Crippen LogP contribution in [0.25, 0.3) is 0 Å². The summed E-state index contributed by atoms with van der Waals surface area (Å²) < 4.78 is 5.15. The molecule has 1 aromatic rings. The van der Waals surface area contributed by atoms with Gasteiger partial charge < -0.3 is 15.4 Å². The number of methoxy groups -OCH3 is 1. The molecule has 0 bridgehead atoms. The maximum absolute atomic E-state index is 12.1. The lowest BCUT2D eigenvalue weighted by Gasteiger charge is -2.30. The highest BCUT2D eigenvalue weighted by molar-refractivity contribution is 5.79. The van der Waals surface area contributed by atoms with E-state index >= 15 is 0 Å². The van der Waals surface area contributed by atoms with Crippen molar-refractivity contribution in [3.8, 4) is 5.75 Å². The number of likely N-dealkylation sites (tertiary alicyclic amines) is 1. The van der Waals surface area contributed by atoms with Crippen LogP contribution in [0.5, 0.6) is 5.75 Å². The number of amides is 1. The summed E-state index contributed by atoms with van der Waals surface area (Å²) in [7, 11) is 1.63. The molecule has 0 aromatic heterocycles. The number of carbonyl (C=O) groups is 1. The third-order valence-corrected chi connectivity index (χ3v) is 3.30. The molecule has 1 aliphatic rings. The summed E-state index contributed by atoms with van der Waals surface area (Å²) in [6.07, 6.45) is 2.44. The molecule has 1 atom stereocenters. The Hall–Kier alpha value is -1.55. The fraction of sp³-hybridized carbons (Fsp3) is 0.500. The number of benzene rings is 1. The first-order valence-electron chi connectivity index (χ1n) is 6.35. The second-order valence-corrected chi connectivity index (χ2v) is 4.77. The molecule has 0 unspecified atom stereocenters. The van der Waals surface area contributed by atoms with Crippen molar-refractivity contribution in [3.63, 3.8) is 0 Å². The second-order valence-electron chi connectivity index (χ2n) is 4.77. The first kappa shape index (κ1) is 12.9. The van der Waals surface area contributed by atoms with E-state index in [-0.39, 0.29) is 11.9 Å². The fourth-order valence-corrected chi connectivity index (χ4v) is 2.31. The van der Waals surface area contributed by atoms with Gasteiger partial charge in [-0.1, -0.05) is 12.1 Å². The van der Waals surface area contributed by atoms with E-state index in [4.69, 9.17) is 10.5 Å². The third kappa shape index (κ3) is 3.23. The van der Waals surface area contributed by atoms with Crippen LogP contribution < -0.4 is 10.5 Å². The van der Waals surface area contributed by atoms with Gasteiger partial charge in [0, 0.05) is 19.1 Å². The van der Waals surface area contributed by atoms with E-state index in [1.807, 2.05) is 29.2 Å². The van der Waals surface area contributed by atoms with E-state index in [2.05, 4.69) is 0 Å². The Morgan fingerprint density at radius 2 is 2.39 bits per heavy atom. The summed E-state index contributed by atoms with van der Waals surface area (Å²) >= 11 is 0. The number of ether oxygens (including phenoxy) is 1. The maximum atomic E-state index is 12.1. The zero-order valence-electron chi connectivity index (χ0n) is 10.8. The Morgan fingerprint density at radius 3 is 3.11 bits per heavy atom.